The van der Waals surface area contributed by atoms with Crippen molar-refractivity contribution in [3.63, 3.8) is 0 Å². The highest BCUT2D eigenvalue weighted by atomic mass is 16.3. The van der Waals surface area contributed by atoms with E-state index in [-0.39, 0.29) is 6.10 Å². The highest BCUT2D eigenvalue weighted by Crippen LogP contribution is 2.45. The molecule has 2 aliphatic rings. The minimum atomic E-state index is -0.324. The predicted molar refractivity (Wildman–Crippen MR) is 49.7 cm³/mol. The van der Waals surface area contributed by atoms with Gasteiger partial charge in [-0.1, -0.05) is 17.7 Å². The molecule has 0 aromatic rings. The Hall–Kier alpha value is -0.560. The molecule has 1 N–H and O–H groups in total. The summed E-state index contributed by atoms with van der Waals surface area (Å²) in [6.45, 7) is 3.59. The molecule has 66 valence electrons. The maximum Gasteiger partial charge on any atom is 0.0755 e. The van der Waals surface area contributed by atoms with E-state index in [0.29, 0.717) is 0 Å². The molecule has 0 saturated heterocycles. The number of fused-ring (bicyclic) bond motifs is 2. The largest absolute Gasteiger partial charge is 0.389 e. The van der Waals surface area contributed by atoms with Crippen LogP contribution in [-0.2, 0) is 0 Å². The maximum absolute atomic E-state index is 9.39. The normalized spacial score (nSPS) is 34.9. The van der Waals surface area contributed by atoms with Gasteiger partial charge in [-0.2, -0.15) is 0 Å². The second kappa shape index (κ2) is 3.06. The average molecular weight is 164 g/mol. The summed E-state index contributed by atoms with van der Waals surface area (Å²) in [4.78, 5) is 0. The fourth-order valence-corrected chi connectivity index (χ4v) is 2.50. The molecule has 0 aromatic carbocycles. The Bertz CT molecular complexity index is 217. The van der Waals surface area contributed by atoms with Crippen molar-refractivity contribution in [1.29, 1.82) is 0 Å². The van der Waals surface area contributed by atoms with Gasteiger partial charge in [0.1, 0.15) is 0 Å². The molecule has 3 atom stereocenters. The zero-order valence-electron chi connectivity index (χ0n) is 7.37. The minimum absolute atomic E-state index is 0.324. The van der Waals surface area contributed by atoms with Crippen molar-refractivity contribution in [2.45, 2.75) is 31.8 Å². The molecule has 1 heteroatoms. The smallest absolute Gasteiger partial charge is 0.0755 e. The highest BCUT2D eigenvalue weighted by molar-refractivity contribution is 5.20. The van der Waals surface area contributed by atoms with E-state index < -0.39 is 0 Å². The Morgan fingerprint density at radius 2 is 2.50 bits per heavy atom. The van der Waals surface area contributed by atoms with Gasteiger partial charge >= 0.3 is 0 Å². The zero-order valence-corrected chi connectivity index (χ0v) is 7.37. The molecule has 2 aliphatic carbocycles. The summed E-state index contributed by atoms with van der Waals surface area (Å²) in [6.07, 6.45) is 8.58. The summed E-state index contributed by atoms with van der Waals surface area (Å²) in [5, 5.41) is 9.39. The van der Waals surface area contributed by atoms with Crippen LogP contribution >= 0.6 is 0 Å². The predicted octanol–water partition coefficient (Wildman–Crippen LogP) is 2.28. The number of allylic oxidation sites excluding steroid dienone is 1. The molecule has 0 radical (unpaired) electrons. The van der Waals surface area contributed by atoms with E-state index >= 15 is 0 Å². The molecule has 1 saturated carbocycles. The van der Waals surface area contributed by atoms with Crippen LogP contribution in [0.3, 0.4) is 0 Å². The number of aliphatic hydroxyl groups excluding tert-OH is 1. The van der Waals surface area contributed by atoms with Crippen LogP contribution in [0.15, 0.2) is 24.3 Å². The third kappa shape index (κ3) is 1.34. The quantitative estimate of drug-likeness (QED) is 0.634. The molecule has 0 spiro atoms. The van der Waals surface area contributed by atoms with Gasteiger partial charge in [0.2, 0.25) is 0 Å². The van der Waals surface area contributed by atoms with E-state index in [9.17, 15) is 5.11 Å². The van der Waals surface area contributed by atoms with Crippen molar-refractivity contribution in [1.82, 2.24) is 0 Å². The lowest BCUT2D eigenvalue weighted by Crippen LogP contribution is -2.07. The first kappa shape index (κ1) is 8.06. The summed E-state index contributed by atoms with van der Waals surface area (Å²) < 4.78 is 0. The Labute approximate surface area is 73.8 Å². The third-order valence-electron chi connectivity index (χ3n) is 3.16. The van der Waals surface area contributed by atoms with Crippen molar-refractivity contribution < 1.29 is 5.11 Å². The van der Waals surface area contributed by atoms with E-state index in [1.807, 2.05) is 0 Å². The average Bonchev–Trinajstić information content (AvgIpc) is 2.64. The molecule has 2 bridgehead atoms. The fourth-order valence-electron chi connectivity index (χ4n) is 2.50. The van der Waals surface area contributed by atoms with Crippen molar-refractivity contribution in [2.75, 3.05) is 0 Å². The molecule has 1 fully saturated rings. The zero-order chi connectivity index (χ0) is 8.55. The number of aliphatic hydroxyl groups is 1. The van der Waals surface area contributed by atoms with Crippen molar-refractivity contribution >= 4 is 0 Å². The van der Waals surface area contributed by atoms with E-state index in [2.05, 4.69) is 12.7 Å². The van der Waals surface area contributed by atoms with Crippen molar-refractivity contribution in [3.05, 3.63) is 24.3 Å². The Balaban J connectivity index is 1.97. The summed E-state index contributed by atoms with van der Waals surface area (Å²) in [5.41, 5.74) is 1.48. The molecule has 0 heterocycles. The Morgan fingerprint density at radius 3 is 3.00 bits per heavy atom. The van der Waals surface area contributed by atoms with Crippen LogP contribution in [0.5, 0.6) is 0 Å². The molecule has 12 heavy (non-hydrogen) atoms. The van der Waals surface area contributed by atoms with Crippen molar-refractivity contribution in [3.8, 4) is 0 Å². The molecule has 2 rings (SSSR count). The van der Waals surface area contributed by atoms with Gasteiger partial charge in [-0.05, 0) is 37.5 Å². The van der Waals surface area contributed by atoms with Gasteiger partial charge in [0.15, 0.2) is 0 Å². The first-order valence-corrected chi connectivity index (χ1v) is 4.81. The van der Waals surface area contributed by atoms with Crippen LogP contribution in [-0.4, -0.2) is 11.2 Å². The first-order valence-electron chi connectivity index (χ1n) is 4.81. The number of rotatable bonds is 3. The molecular formula is C11H16O. The second-order valence-corrected chi connectivity index (χ2v) is 4.02. The summed E-state index contributed by atoms with van der Waals surface area (Å²) in [6, 6.07) is 0. The monoisotopic (exact) mass is 164 g/mol. The van der Waals surface area contributed by atoms with Crippen molar-refractivity contribution in [2.24, 2.45) is 11.8 Å². The van der Waals surface area contributed by atoms with Crippen LogP contribution in [0.4, 0.5) is 0 Å². The van der Waals surface area contributed by atoms with Crippen LogP contribution in [0.1, 0.15) is 25.7 Å². The number of hydrogen-bond donors (Lipinski definition) is 1. The second-order valence-electron chi connectivity index (χ2n) is 4.02. The van der Waals surface area contributed by atoms with Gasteiger partial charge in [0.25, 0.3) is 0 Å². The van der Waals surface area contributed by atoms with Gasteiger partial charge in [0.05, 0.1) is 6.10 Å². The van der Waals surface area contributed by atoms with Gasteiger partial charge in [-0.3, -0.25) is 0 Å². The first-order chi connectivity index (χ1) is 5.79. The van der Waals surface area contributed by atoms with Crippen LogP contribution in [0.2, 0.25) is 0 Å². The standard InChI is InChI=1S/C11H16O/c1-2-11(12)7-10-6-8-3-4-9(10)5-8/h2,6,8-9,11-12H,1,3-5,7H2/t8-,9+,11+/m0/s1. The summed E-state index contributed by atoms with van der Waals surface area (Å²) in [5.74, 6) is 1.63. The van der Waals surface area contributed by atoms with Crippen LogP contribution < -0.4 is 0 Å². The molecular weight excluding hydrogens is 148 g/mol. The third-order valence-corrected chi connectivity index (χ3v) is 3.16. The highest BCUT2D eigenvalue weighted by Gasteiger charge is 2.32. The van der Waals surface area contributed by atoms with Gasteiger partial charge in [-0.15, -0.1) is 6.58 Å². The van der Waals surface area contributed by atoms with Crippen LogP contribution in [0, 0.1) is 11.8 Å². The molecule has 0 unspecified atom stereocenters. The van der Waals surface area contributed by atoms with Gasteiger partial charge in [-0.25, -0.2) is 0 Å². The van der Waals surface area contributed by atoms with Gasteiger partial charge < -0.3 is 5.11 Å². The van der Waals surface area contributed by atoms with E-state index in [4.69, 9.17) is 0 Å². The molecule has 0 aromatic heterocycles. The fraction of sp³-hybridized carbons (Fsp3) is 0.636. The van der Waals surface area contributed by atoms with Crippen LogP contribution in [0.25, 0.3) is 0 Å². The lowest BCUT2D eigenvalue weighted by atomic mass is 9.94. The number of hydrogen-bond acceptors (Lipinski definition) is 1. The SMILES string of the molecule is C=C[C@@H](O)CC1=C[C@H]2CC[C@@H]1C2. The molecule has 0 aliphatic heterocycles. The summed E-state index contributed by atoms with van der Waals surface area (Å²) in [7, 11) is 0. The minimum Gasteiger partial charge on any atom is -0.389 e. The molecule has 0 amide bonds. The van der Waals surface area contributed by atoms with E-state index in [1.54, 1.807) is 6.08 Å². The Kier molecular flexibility index (Phi) is 2.05. The lowest BCUT2D eigenvalue weighted by Gasteiger charge is -2.14. The van der Waals surface area contributed by atoms with Gasteiger partial charge in [0, 0.05) is 0 Å². The van der Waals surface area contributed by atoms with E-state index in [0.717, 1.165) is 18.3 Å². The molecule has 1 nitrogen and oxygen atoms in total. The Morgan fingerprint density at radius 1 is 1.67 bits per heavy atom. The maximum atomic E-state index is 9.39. The lowest BCUT2D eigenvalue weighted by molar-refractivity contribution is 0.220. The summed E-state index contributed by atoms with van der Waals surface area (Å²) >= 11 is 0. The van der Waals surface area contributed by atoms with E-state index in [1.165, 1.54) is 24.8 Å². The topological polar surface area (TPSA) is 20.2 Å².